The summed E-state index contributed by atoms with van der Waals surface area (Å²) in [5.41, 5.74) is 3.32. The molecule has 0 aliphatic carbocycles. The first-order valence-electron chi connectivity index (χ1n) is 6.49. The quantitative estimate of drug-likeness (QED) is 0.841. The van der Waals surface area contributed by atoms with Gasteiger partial charge < -0.3 is 10.2 Å². The molecule has 18 heavy (non-hydrogen) atoms. The van der Waals surface area contributed by atoms with Crippen LogP contribution in [0.1, 0.15) is 18.4 Å². The van der Waals surface area contributed by atoms with Crippen LogP contribution in [0.5, 0.6) is 0 Å². The van der Waals surface area contributed by atoms with Gasteiger partial charge in [0.15, 0.2) is 5.65 Å². The number of aryl methyl sites for hydroxylation is 1. The first kappa shape index (κ1) is 11.5. The number of fused-ring (bicyclic) bond motifs is 1. The lowest BCUT2D eigenvalue weighted by molar-refractivity contribution is 0.445. The van der Waals surface area contributed by atoms with Crippen molar-refractivity contribution >= 4 is 16.7 Å². The van der Waals surface area contributed by atoms with Crippen molar-refractivity contribution < 1.29 is 0 Å². The third kappa shape index (κ3) is 1.84. The van der Waals surface area contributed by atoms with E-state index in [1.165, 1.54) is 24.1 Å². The number of likely N-dealkylation sites (N-methyl/N-ethyl adjacent to an activating group) is 1. The summed E-state index contributed by atoms with van der Waals surface area (Å²) in [5.74, 6) is 0. The van der Waals surface area contributed by atoms with Gasteiger partial charge in [0, 0.05) is 25.8 Å². The van der Waals surface area contributed by atoms with Crippen molar-refractivity contribution in [3.05, 3.63) is 18.0 Å². The Morgan fingerprint density at radius 3 is 3.06 bits per heavy atom. The van der Waals surface area contributed by atoms with Crippen molar-refractivity contribution in [2.45, 2.75) is 25.8 Å². The molecule has 2 N–H and O–H groups in total. The largest absolute Gasteiger partial charge is 0.369 e. The normalized spacial score (nSPS) is 20.2. The summed E-state index contributed by atoms with van der Waals surface area (Å²) >= 11 is 0. The maximum Gasteiger partial charge on any atom is 0.157 e. The highest BCUT2D eigenvalue weighted by molar-refractivity contribution is 5.90. The molecule has 1 aliphatic heterocycles. The number of aromatic amines is 1. The van der Waals surface area contributed by atoms with Gasteiger partial charge >= 0.3 is 0 Å². The van der Waals surface area contributed by atoms with Gasteiger partial charge in [-0.15, -0.1) is 0 Å². The van der Waals surface area contributed by atoms with Gasteiger partial charge in [0.2, 0.25) is 0 Å². The number of nitrogens with one attached hydrogen (secondary N) is 2. The molecule has 0 saturated carbocycles. The Hall–Kier alpha value is -1.62. The van der Waals surface area contributed by atoms with Gasteiger partial charge in [-0.05, 0) is 31.9 Å². The minimum absolute atomic E-state index is 0.554. The molecule has 3 rings (SSSR count). The zero-order valence-electron chi connectivity index (χ0n) is 10.9. The van der Waals surface area contributed by atoms with E-state index in [9.17, 15) is 0 Å². The number of piperidine rings is 1. The van der Waals surface area contributed by atoms with Crippen LogP contribution in [-0.2, 0) is 0 Å². The number of hydrogen-bond donors (Lipinski definition) is 2. The molecular formula is C13H19N5. The van der Waals surface area contributed by atoms with E-state index in [1.54, 1.807) is 0 Å². The number of H-pyrrole nitrogens is 1. The molecule has 0 aromatic carbocycles. The Labute approximate surface area is 107 Å². The summed E-state index contributed by atoms with van der Waals surface area (Å²) in [6.07, 6.45) is 6.28. The number of rotatable bonds is 2. The van der Waals surface area contributed by atoms with Crippen molar-refractivity contribution in [2.24, 2.45) is 0 Å². The van der Waals surface area contributed by atoms with Crippen molar-refractivity contribution in [3.63, 3.8) is 0 Å². The minimum atomic E-state index is 0.554. The van der Waals surface area contributed by atoms with Crippen LogP contribution in [-0.4, -0.2) is 41.4 Å². The third-order valence-corrected chi connectivity index (χ3v) is 3.81. The molecule has 1 fully saturated rings. The first-order chi connectivity index (χ1) is 8.77. The highest BCUT2D eigenvalue weighted by Gasteiger charge is 2.21. The molecule has 0 radical (unpaired) electrons. The van der Waals surface area contributed by atoms with Crippen molar-refractivity contribution in [1.82, 2.24) is 20.5 Å². The van der Waals surface area contributed by atoms with Crippen LogP contribution < -0.4 is 10.2 Å². The van der Waals surface area contributed by atoms with Gasteiger partial charge in [0.05, 0.1) is 17.3 Å². The van der Waals surface area contributed by atoms with Crippen LogP contribution in [0.25, 0.3) is 11.0 Å². The predicted molar refractivity (Wildman–Crippen MR) is 72.9 cm³/mol. The van der Waals surface area contributed by atoms with Gasteiger partial charge in [0.1, 0.15) is 0 Å². The lowest BCUT2D eigenvalue weighted by atomic mass is 10.0. The number of hydrogen-bond acceptors (Lipinski definition) is 4. The summed E-state index contributed by atoms with van der Waals surface area (Å²) in [6.45, 7) is 4.31. The van der Waals surface area contributed by atoms with E-state index in [4.69, 9.17) is 0 Å². The van der Waals surface area contributed by atoms with Crippen LogP contribution in [0, 0.1) is 6.92 Å². The summed E-state index contributed by atoms with van der Waals surface area (Å²) in [5, 5.41) is 11.6. The standard InChI is InChI=1S/C13H19N5/c1-9-6-15-13-11(8-16-17-13)12(9)18(2)10-4-3-5-14-7-10/h6,8,10,14H,3-5,7H2,1-2H3,(H,15,16,17)/t10-/m1/s1. The fourth-order valence-electron chi connectivity index (χ4n) is 2.80. The van der Waals surface area contributed by atoms with Crippen molar-refractivity contribution in [3.8, 4) is 0 Å². The second kappa shape index (κ2) is 4.57. The van der Waals surface area contributed by atoms with Crippen LogP contribution in [0.2, 0.25) is 0 Å². The van der Waals surface area contributed by atoms with E-state index in [2.05, 4.69) is 39.4 Å². The molecule has 5 heteroatoms. The molecule has 5 nitrogen and oxygen atoms in total. The van der Waals surface area contributed by atoms with Crippen LogP contribution in [0.15, 0.2) is 12.4 Å². The number of pyridine rings is 1. The molecule has 1 aliphatic rings. The highest BCUT2D eigenvalue weighted by atomic mass is 15.2. The van der Waals surface area contributed by atoms with Crippen molar-refractivity contribution in [1.29, 1.82) is 0 Å². The summed E-state index contributed by atoms with van der Waals surface area (Å²) < 4.78 is 0. The first-order valence-corrected chi connectivity index (χ1v) is 6.49. The second-order valence-corrected chi connectivity index (χ2v) is 5.03. The van der Waals surface area contributed by atoms with Crippen LogP contribution in [0.4, 0.5) is 5.69 Å². The summed E-state index contributed by atoms with van der Waals surface area (Å²) in [7, 11) is 2.17. The highest BCUT2D eigenvalue weighted by Crippen LogP contribution is 2.29. The lowest BCUT2D eigenvalue weighted by Gasteiger charge is -2.34. The molecule has 1 atom stereocenters. The molecule has 3 heterocycles. The lowest BCUT2D eigenvalue weighted by Crippen LogP contribution is -2.44. The van der Waals surface area contributed by atoms with Gasteiger partial charge in [-0.1, -0.05) is 0 Å². The predicted octanol–water partition coefficient (Wildman–Crippen LogP) is 1.45. The SMILES string of the molecule is Cc1cnc2[nH]ncc2c1N(C)[C@@H]1CCCNC1. The van der Waals surface area contributed by atoms with Gasteiger partial charge in [0.25, 0.3) is 0 Å². The molecular weight excluding hydrogens is 226 g/mol. The number of aromatic nitrogens is 3. The van der Waals surface area contributed by atoms with Crippen LogP contribution in [0.3, 0.4) is 0 Å². The molecule has 2 aromatic rings. The molecule has 2 aromatic heterocycles. The Bertz CT molecular complexity index is 541. The number of nitrogens with zero attached hydrogens (tertiary/aromatic N) is 3. The zero-order valence-corrected chi connectivity index (χ0v) is 10.9. The van der Waals surface area contributed by atoms with E-state index in [0.717, 1.165) is 24.1 Å². The maximum atomic E-state index is 4.37. The molecule has 0 spiro atoms. The Morgan fingerprint density at radius 1 is 1.39 bits per heavy atom. The number of anilines is 1. The van der Waals surface area contributed by atoms with Gasteiger partial charge in [-0.2, -0.15) is 5.10 Å². The Balaban J connectivity index is 2.01. The average Bonchev–Trinajstić information content (AvgIpc) is 2.87. The van der Waals surface area contributed by atoms with Gasteiger partial charge in [-0.25, -0.2) is 4.98 Å². The maximum absolute atomic E-state index is 4.37. The minimum Gasteiger partial charge on any atom is -0.369 e. The van der Waals surface area contributed by atoms with E-state index in [0.29, 0.717) is 6.04 Å². The summed E-state index contributed by atoms with van der Waals surface area (Å²) in [6, 6.07) is 0.554. The van der Waals surface area contributed by atoms with Crippen molar-refractivity contribution in [2.75, 3.05) is 25.0 Å². The van der Waals surface area contributed by atoms with E-state index in [-0.39, 0.29) is 0 Å². The Morgan fingerprint density at radius 2 is 2.28 bits per heavy atom. The summed E-state index contributed by atoms with van der Waals surface area (Å²) in [4.78, 5) is 6.74. The van der Waals surface area contributed by atoms with E-state index < -0.39 is 0 Å². The molecule has 0 unspecified atom stereocenters. The third-order valence-electron chi connectivity index (χ3n) is 3.81. The molecule has 96 valence electrons. The second-order valence-electron chi connectivity index (χ2n) is 5.03. The molecule has 0 amide bonds. The fraction of sp³-hybridized carbons (Fsp3) is 0.538. The smallest absolute Gasteiger partial charge is 0.157 e. The fourth-order valence-corrected chi connectivity index (χ4v) is 2.80. The molecule has 0 bridgehead atoms. The Kier molecular flexibility index (Phi) is 2.91. The zero-order chi connectivity index (χ0) is 12.5. The topological polar surface area (TPSA) is 56.8 Å². The monoisotopic (exact) mass is 245 g/mol. The van der Waals surface area contributed by atoms with Crippen LogP contribution >= 0.6 is 0 Å². The average molecular weight is 245 g/mol. The van der Waals surface area contributed by atoms with E-state index in [1.807, 2.05) is 12.4 Å². The van der Waals surface area contributed by atoms with E-state index >= 15 is 0 Å². The van der Waals surface area contributed by atoms with Gasteiger partial charge in [-0.3, -0.25) is 5.10 Å². The molecule has 1 saturated heterocycles.